The molecule has 0 aliphatic carbocycles. The summed E-state index contributed by atoms with van der Waals surface area (Å²) in [7, 11) is 0. The quantitative estimate of drug-likeness (QED) is 0.595. The van der Waals surface area contributed by atoms with Crippen LogP contribution in [0.25, 0.3) is 0 Å². The van der Waals surface area contributed by atoms with Gasteiger partial charge in [-0.3, -0.25) is 0 Å². The van der Waals surface area contributed by atoms with Crippen LogP contribution in [0.3, 0.4) is 0 Å². The van der Waals surface area contributed by atoms with Gasteiger partial charge in [-0.05, 0) is 26.0 Å². The van der Waals surface area contributed by atoms with Gasteiger partial charge < -0.3 is 0 Å². The van der Waals surface area contributed by atoms with Crippen LogP contribution in [0.1, 0.15) is 19.4 Å². The van der Waals surface area contributed by atoms with Crippen molar-refractivity contribution >= 4 is 11.6 Å². The van der Waals surface area contributed by atoms with Crippen molar-refractivity contribution < 1.29 is 8.78 Å². The summed E-state index contributed by atoms with van der Waals surface area (Å²) in [5.41, 5.74) is -0.0772. The molecule has 0 spiro atoms. The van der Waals surface area contributed by atoms with E-state index in [4.69, 9.17) is 11.6 Å². The second-order valence-electron chi connectivity index (χ2n) is 3.07. The highest BCUT2D eigenvalue weighted by Crippen LogP contribution is 2.31. The maximum Gasteiger partial charge on any atom is 0.131 e. The summed E-state index contributed by atoms with van der Waals surface area (Å²) in [6.45, 7) is 3.10. The van der Waals surface area contributed by atoms with Crippen molar-refractivity contribution in [3.8, 4) is 0 Å². The molecule has 0 nitrogen and oxygen atoms in total. The molecule has 1 rings (SSSR count). The smallest absolute Gasteiger partial charge is 0.131 e. The number of hydrogen-bond acceptors (Lipinski definition) is 0. The van der Waals surface area contributed by atoms with E-state index in [1.54, 1.807) is 13.8 Å². The highest BCUT2D eigenvalue weighted by Gasteiger charge is 2.24. The van der Waals surface area contributed by atoms with E-state index in [2.05, 4.69) is 0 Å². The molecule has 1 aromatic rings. The molecular weight excluding hydrogens is 182 g/mol. The molecule has 0 saturated heterocycles. The first-order valence-corrected chi connectivity index (χ1v) is 3.94. The first kappa shape index (κ1) is 9.46. The normalized spacial score (nSPS) is 11.8. The highest BCUT2D eigenvalue weighted by molar-refractivity contribution is 6.23. The van der Waals surface area contributed by atoms with Crippen molar-refractivity contribution in [3.63, 3.8) is 0 Å². The topological polar surface area (TPSA) is 0 Å². The van der Waals surface area contributed by atoms with E-state index in [-0.39, 0.29) is 5.56 Å². The predicted molar refractivity (Wildman–Crippen MR) is 45.2 cm³/mol. The standard InChI is InChI=1S/C9H9ClF2/c1-9(2,10)8-6(11)4-3-5-7(8)12/h3-5H,1-2H3. The average Bonchev–Trinajstić information content (AvgIpc) is 1.82. The minimum Gasteiger partial charge on any atom is -0.207 e. The van der Waals surface area contributed by atoms with Crippen molar-refractivity contribution in [2.24, 2.45) is 0 Å². The maximum absolute atomic E-state index is 13.0. The Morgan fingerprint density at radius 2 is 1.58 bits per heavy atom. The molecule has 0 saturated carbocycles. The molecule has 0 heterocycles. The van der Waals surface area contributed by atoms with Crippen molar-refractivity contribution in [2.75, 3.05) is 0 Å². The minimum atomic E-state index is -1.00. The lowest BCUT2D eigenvalue weighted by Gasteiger charge is -2.17. The van der Waals surface area contributed by atoms with Gasteiger partial charge >= 0.3 is 0 Å². The fraction of sp³-hybridized carbons (Fsp3) is 0.333. The molecule has 3 heteroatoms. The molecular formula is C9H9ClF2. The third-order valence-electron chi connectivity index (χ3n) is 1.56. The van der Waals surface area contributed by atoms with Crippen molar-refractivity contribution in [1.29, 1.82) is 0 Å². The number of benzene rings is 1. The highest BCUT2D eigenvalue weighted by atomic mass is 35.5. The van der Waals surface area contributed by atoms with Crippen molar-refractivity contribution in [1.82, 2.24) is 0 Å². The Balaban J connectivity index is 3.31. The van der Waals surface area contributed by atoms with E-state index >= 15 is 0 Å². The fourth-order valence-electron chi connectivity index (χ4n) is 1.07. The van der Waals surface area contributed by atoms with Crippen LogP contribution in [-0.4, -0.2) is 0 Å². The SMILES string of the molecule is CC(C)(Cl)c1c(F)cccc1F. The molecule has 12 heavy (non-hydrogen) atoms. The Kier molecular flexibility index (Phi) is 2.38. The molecule has 1 aromatic carbocycles. The van der Waals surface area contributed by atoms with Crippen molar-refractivity contribution in [2.45, 2.75) is 18.7 Å². The van der Waals surface area contributed by atoms with Gasteiger partial charge in [0, 0.05) is 5.56 Å². The number of rotatable bonds is 1. The van der Waals surface area contributed by atoms with Crippen LogP contribution in [0.15, 0.2) is 18.2 Å². The van der Waals surface area contributed by atoms with Crippen LogP contribution in [0.5, 0.6) is 0 Å². The second-order valence-corrected chi connectivity index (χ2v) is 4.01. The number of alkyl halides is 1. The van der Waals surface area contributed by atoms with E-state index in [1.165, 1.54) is 18.2 Å². The molecule has 66 valence electrons. The molecule has 0 amide bonds. The number of hydrogen-bond donors (Lipinski definition) is 0. The lowest BCUT2D eigenvalue weighted by atomic mass is 10.0. The van der Waals surface area contributed by atoms with Gasteiger partial charge in [0.05, 0.1) is 4.87 Å². The van der Waals surface area contributed by atoms with Gasteiger partial charge in [-0.1, -0.05) is 6.07 Å². The van der Waals surface area contributed by atoms with Crippen LogP contribution in [0.4, 0.5) is 8.78 Å². The van der Waals surface area contributed by atoms with Gasteiger partial charge in [0.25, 0.3) is 0 Å². The molecule has 0 aliphatic heterocycles. The third-order valence-corrected chi connectivity index (χ3v) is 1.75. The van der Waals surface area contributed by atoms with E-state index in [1.807, 2.05) is 0 Å². The van der Waals surface area contributed by atoms with Gasteiger partial charge in [0.1, 0.15) is 11.6 Å². The maximum atomic E-state index is 13.0. The van der Waals surface area contributed by atoms with Gasteiger partial charge in [0.2, 0.25) is 0 Å². The Morgan fingerprint density at radius 1 is 1.17 bits per heavy atom. The Bertz CT molecular complexity index is 269. The summed E-state index contributed by atoms with van der Waals surface area (Å²) >= 11 is 5.79. The predicted octanol–water partition coefficient (Wildman–Crippen LogP) is 3.44. The molecule has 0 unspecified atom stereocenters. The van der Waals surface area contributed by atoms with E-state index in [0.717, 1.165) is 0 Å². The molecule has 0 fully saturated rings. The Hall–Kier alpha value is -0.630. The number of halogens is 3. The van der Waals surface area contributed by atoms with E-state index in [0.29, 0.717) is 0 Å². The summed E-state index contributed by atoms with van der Waals surface area (Å²) in [4.78, 5) is -1.00. The van der Waals surface area contributed by atoms with Crippen LogP contribution in [0, 0.1) is 11.6 Å². The zero-order valence-electron chi connectivity index (χ0n) is 6.87. The van der Waals surface area contributed by atoms with Gasteiger partial charge in [-0.2, -0.15) is 0 Å². The van der Waals surface area contributed by atoms with Crippen molar-refractivity contribution in [3.05, 3.63) is 35.4 Å². The zero-order valence-corrected chi connectivity index (χ0v) is 7.62. The molecule has 0 aliphatic rings. The Labute approximate surface area is 75.2 Å². The first-order chi connectivity index (χ1) is 5.43. The van der Waals surface area contributed by atoms with Crippen LogP contribution >= 0.6 is 11.6 Å². The first-order valence-electron chi connectivity index (χ1n) is 3.56. The summed E-state index contributed by atoms with van der Waals surface area (Å²) in [5.74, 6) is -1.20. The van der Waals surface area contributed by atoms with Crippen LogP contribution in [-0.2, 0) is 4.87 Å². The summed E-state index contributed by atoms with van der Waals surface area (Å²) in [6, 6.07) is 3.71. The van der Waals surface area contributed by atoms with Gasteiger partial charge in [-0.15, -0.1) is 11.6 Å². The molecule has 0 radical (unpaired) electrons. The van der Waals surface area contributed by atoms with E-state index in [9.17, 15) is 8.78 Å². The largest absolute Gasteiger partial charge is 0.207 e. The van der Waals surface area contributed by atoms with Gasteiger partial charge in [0.15, 0.2) is 0 Å². The average molecular weight is 191 g/mol. The summed E-state index contributed by atoms with van der Waals surface area (Å²) in [6.07, 6.45) is 0. The molecule has 0 aromatic heterocycles. The summed E-state index contributed by atoms with van der Waals surface area (Å²) < 4.78 is 26.0. The second kappa shape index (κ2) is 3.02. The Morgan fingerprint density at radius 3 is 1.83 bits per heavy atom. The zero-order chi connectivity index (χ0) is 9.35. The lowest BCUT2D eigenvalue weighted by molar-refractivity contribution is 0.526. The van der Waals surface area contributed by atoms with Gasteiger partial charge in [-0.25, -0.2) is 8.78 Å². The third kappa shape index (κ3) is 1.75. The monoisotopic (exact) mass is 190 g/mol. The minimum absolute atomic E-state index is 0.0772. The summed E-state index contributed by atoms with van der Waals surface area (Å²) in [5, 5.41) is 0. The molecule has 0 bridgehead atoms. The molecule has 0 N–H and O–H groups in total. The van der Waals surface area contributed by atoms with E-state index < -0.39 is 16.5 Å². The lowest BCUT2D eigenvalue weighted by Crippen LogP contribution is -2.12. The van der Waals surface area contributed by atoms with Crippen LogP contribution < -0.4 is 0 Å². The molecule has 0 atom stereocenters. The van der Waals surface area contributed by atoms with Crippen LogP contribution in [0.2, 0.25) is 0 Å². The fourth-order valence-corrected chi connectivity index (χ4v) is 1.25.